The number of halogens is 1. The predicted octanol–water partition coefficient (Wildman–Crippen LogP) is 2.67. The summed E-state index contributed by atoms with van der Waals surface area (Å²) in [5.41, 5.74) is 0.793. The fraction of sp³-hybridized carbons (Fsp3) is 0.500. The Kier molecular flexibility index (Phi) is 5.16. The van der Waals surface area contributed by atoms with Gasteiger partial charge < -0.3 is 0 Å². The van der Waals surface area contributed by atoms with E-state index in [2.05, 4.69) is 32.8 Å². The minimum Gasteiger partial charge on any atom is -0.212 e. The zero-order valence-electron chi connectivity index (χ0n) is 10.1. The third-order valence-electron chi connectivity index (χ3n) is 2.46. The summed E-state index contributed by atoms with van der Waals surface area (Å²) in [6, 6.07) is 10.1. The minimum absolute atomic E-state index is 0.0607. The van der Waals surface area contributed by atoms with Crippen molar-refractivity contribution < 1.29 is 8.42 Å². The number of alkyl halides is 1. The van der Waals surface area contributed by atoms with Crippen LogP contribution < -0.4 is 4.72 Å². The summed E-state index contributed by atoms with van der Waals surface area (Å²) >= 11 is 2.97. The molecule has 1 rings (SSSR count). The van der Waals surface area contributed by atoms with Gasteiger partial charge in [-0.1, -0.05) is 46.3 Å². The molecule has 0 aliphatic rings. The van der Waals surface area contributed by atoms with Crippen molar-refractivity contribution in [2.45, 2.75) is 32.2 Å². The van der Waals surface area contributed by atoms with Gasteiger partial charge in [-0.3, -0.25) is 0 Å². The molecule has 0 amide bonds. The average molecular weight is 320 g/mol. The summed E-state index contributed by atoms with van der Waals surface area (Å²) in [6.45, 7) is 3.80. The van der Waals surface area contributed by atoms with E-state index in [0.29, 0.717) is 0 Å². The Morgan fingerprint density at radius 3 is 2.35 bits per heavy atom. The smallest absolute Gasteiger partial charge is 0.212 e. The van der Waals surface area contributed by atoms with Gasteiger partial charge >= 0.3 is 0 Å². The molecule has 0 atom stereocenters. The molecule has 0 aromatic heterocycles. The Labute approximate surface area is 112 Å². The number of nitrogens with one attached hydrogen (secondary N) is 1. The lowest BCUT2D eigenvalue weighted by atomic mass is 9.97. The average Bonchev–Trinajstić information content (AvgIpc) is 2.27. The van der Waals surface area contributed by atoms with Gasteiger partial charge in [-0.15, -0.1) is 0 Å². The highest BCUT2D eigenvalue weighted by atomic mass is 79.9. The molecular weight excluding hydrogens is 302 g/mol. The van der Waals surface area contributed by atoms with Crippen LogP contribution in [-0.2, 0) is 16.4 Å². The Bertz CT molecular complexity index is 443. The van der Waals surface area contributed by atoms with Crippen molar-refractivity contribution in [1.29, 1.82) is 0 Å². The van der Waals surface area contributed by atoms with Gasteiger partial charge in [0.2, 0.25) is 10.0 Å². The first-order chi connectivity index (χ1) is 7.85. The molecule has 1 N–H and O–H groups in total. The lowest BCUT2D eigenvalue weighted by Crippen LogP contribution is -2.43. The second-order valence-electron chi connectivity index (χ2n) is 4.70. The lowest BCUT2D eigenvalue weighted by molar-refractivity contribution is 0.423. The number of hydrogen-bond acceptors (Lipinski definition) is 2. The molecule has 0 aliphatic carbocycles. The quantitative estimate of drug-likeness (QED) is 0.819. The van der Waals surface area contributed by atoms with E-state index in [0.717, 1.165) is 12.8 Å². The summed E-state index contributed by atoms with van der Waals surface area (Å²) in [6.07, 6.45) is 1.63. The van der Waals surface area contributed by atoms with Crippen molar-refractivity contribution >= 4 is 26.0 Å². The van der Waals surface area contributed by atoms with E-state index in [1.807, 2.05) is 32.0 Å². The van der Waals surface area contributed by atoms with E-state index in [9.17, 15) is 8.42 Å². The molecule has 3 nitrogen and oxygen atoms in total. The second-order valence-corrected chi connectivity index (χ2v) is 7.72. The fourth-order valence-electron chi connectivity index (χ4n) is 1.60. The number of hydrogen-bond donors (Lipinski definition) is 1. The first-order valence-corrected chi connectivity index (χ1v) is 8.23. The third kappa shape index (κ3) is 5.66. The third-order valence-corrected chi connectivity index (χ3v) is 5.42. The fourth-order valence-corrected chi connectivity index (χ4v) is 2.94. The van der Waals surface area contributed by atoms with Crippen LogP contribution in [0.2, 0.25) is 0 Å². The van der Waals surface area contributed by atoms with Crippen molar-refractivity contribution in [3.63, 3.8) is 0 Å². The summed E-state index contributed by atoms with van der Waals surface area (Å²) in [5, 5.41) is 0. The molecule has 5 heteroatoms. The minimum atomic E-state index is -3.21. The van der Waals surface area contributed by atoms with Crippen LogP contribution >= 0.6 is 15.9 Å². The molecule has 17 heavy (non-hydrogen) atoms. The van der Waals surface area contributed by atoms with Crippen LogP contribution in [0.4, 0.5) is 0 Å². The van der Waals surface area contributed by atoms with Crippen molar-refractivity contribution in [2.24, 2.45) is 0 Å². The van der Waals surface area contributed by atoms with Crippen molar-refractivity contribution in [1.82, 2.24) is 4.72 Å². The van der Waals surface area contributed by atoms with Gasteiger partial charge in [-0.25, -0.2) is 13.1 Å². The highest BCUT2D eigenvalue weighted by Crippen LogP contribution is 2.15. The van der Waals surface area contributed by atoms with Crippen LogP contribution in [0, 0.1) is 0 Å². The molecule has 0 aliphatic heterocycles. The van der Waals surface area contributed by atoms with Gasteiger partial charge in [0, 0.05) is 5.54 Å². The van der Waals surface area contributed by atoms with Crippen LogP contribution in [0.5, 0.6) is 0 Å². The SMILES string of the molecule is CC(C)(CCc1ccccc1)NS(=O)(=O)CBr. The summed E-state index contributed by atoms with van der Waals surface area (Å²) in [5.74, 6) is 0. The summed E-state index contributed by atoms with van der Waals surface area (Å²) in [4.78, 5) is 0. The van der Waals surface area contributed by atoms with Gasteiger partial charge in [-0.05, 0) is 32.3 Å². The van der Waals surface area contributed by atoms with E-state index in [4.69, 9.17) is 0 Å². The first-order valence-electron chi connectivity index (χ1n) is 5.46. The highest BCUT2D eigenvalue weighted by molar-refractivity contribution is 9.10. The lowest BCUT2D eigenvalue weighted by Gasteiger charge is -2.25. The van der Waals surface area contributed by atoms with Gasteiger partial charge in [0.15, 0.2) is 0 Å². The molecule has 0 fully saturated rings. The normalized spacial score (nSPS) is 12.6. The predicted molar refractivity (Wildman–Crippen MR) is 74.7 cm³/mol. The van der Waals surface area contributed by atoms with Gasteiger partial charge in [0.05, 0.1) is 0 Å². The van der Waals surface area contributed by atoms with Crippen LogP contribution in [0.25, 0.3) is 0 Å². The molecule has 1 aromatic rings. The van der Waals surface area contributed by atoms with E-state index in [-0.39, 0.29) is 4.66 Å². The number of sulfonamides is 1. The van der Waals surface area contributed by atoms with Crippen molar-refractivity contribution in [2.75, 3.05) is 4.66 Å². The number of aryl methyl sites for hydroxylation is 1. The molecule has 96 valence electrons. The second kappa shape index (κ2) is 5.98. The van der Waals surface area contributed by atoms with Gasteiger partial charge in [0.25, 0.3) is 0 Å². The van der Waals surface area contributed by atoms with Crippen LogP contribution in [-0.4, -0.2) is 18.6 Å². The van der Waals surface area contributed by atoms with Crippen LogP contribution in [0.3, 0.4) is 0 Å². The van der Waals surface area contributed by atoms with Crippen molar-refractivity contribution in [3.8, 4) is 0 Å². The Morgan fingerprint density at radius 1 is 1.24 bits per heavy atom. The molecule has 0 heterocycles. The molecule has 0 saturated heterocycles. The maximum atomic E-state index is 11.5. The molecular formula is C12H18BrNO2S. The Hall–Kier alpha value is -0.390. The summed E-state index contributed by atoms with van der Waals surface area (Å²) in [7, 11) is -3.21. The van der Waals surface area contributed by atoms with Gasteiger partial charge in [-0.2, -0.15) is 0 Å². The van der Waals surface area contributed by atoms with Crippen LogP contribution in [0.15, 0.2) is 30.3 Å². The zero-order chi connectivity index (χ0) is 12.9. The molecule has 0 saturated carbocycles. The molecule has 0 unspecified atom stereocenters. The maximum absolute atomic E-state index is 11.5. The Balaban J connectivity index is 2.56. The molecule has 0 bridgehead atoms. The number of benzene rings is 1. The molecule has 1 aromatic carbocycles. The highest BCUT2D eigenvalue weighted by Gasteiger charge is 2.23. The monoisotopic (exact) mass is 319 g/mol. The van der Waals surface area contributed by atoms with Gasteiger partial charge in [0.1, 0.15) is 4.66 Å². The molecule has 0 spiro atoms. The summed E-state index contributed by atoms with van der Waals surface area (Å²) < 4.78 is 25.6. The van der Waals surface area contributed by atoms with Crippen molar-refractivity contribution in [3.05, 3.63) is 35.9 Å². The number of rotatable bonds is 6. The largest absolute Gasteiger partial charge is 0.222 e. The van der Waals surface area contributed by atoms with E-state index in [1.54, 1.807) is 0 Å². The van der Waals surface area contributed by atoms with Crippen LogP contribution in [0.1, 0.15) is 25.8 Å². The van der Waals surface area contributed by atoms with E-state index >= 15 is 0 Å². The zero-order valence-corrected chi connectivity index (χ0v) is 12.5. The van der Waals surface area contributed by atoms with E-state index < -0.39 is 15.6 Å². The topological polar surface area (TPSA) is 46.2 Å². The standard InChI is InChI=1S/C12H18BrNO2S/c1-12(2,14-17(15,16)10-13)9-8-11-6-4-3-5-7-11/h3-7,14H,8-10H2,1-2H3. The first kappa shape index (κ1) is 14.7. The van der Waals surface area contributed by atoms with E-state index in [1.165, 1.54) is 5.56 Å². The maximum Gasteiger partial charge on any atom is 0.222 e. The Morgan fingerprint density at radius 2 is 1.82 bits per heavy atom. The molecule has 0 radical (unpaired) electrons.